The third kappa shape index (κ3) is 3.64. The number of hydrogen-bond donors (Lipinski definition) is 2. The molecular weight excluding hydrogens is 366 g/mol. The zero-order chi connectivity index (χ0) is 14.7. The topological polar surface area (TPSA) is 38.0 Å². The molecule has 2 aromatic rings. The zero-order valence-electron chi connectivity index (χ0n) is 10.3. The molecule has 0 aliphatic carbocycles. The minimum atomic E-state index is -0.444. The maximum atomic E-state index is 13.2. The van der Waals surface area contributed by atoms with Crippen LogP contribution in [0.4, 0.5) is 10.1 Å². The molecule has 0 saturated carbocycles. The highest BCUT2D eigenvalue weighted by Gasteiger charge is 2.12. The molecule has 0 saturated heterocycles. The predicted octanol–water partition coefficient (Wildman–Crippen LogP) is 5.01. The Hall–Kier alpha value is -0.810. The van der Waals surface area contributed by atoms with Crippen LogP contribution in [0.15, 0.2) is 40.9 Å². The minimum absolute atomic E-state index is 0.0834. The molecule has 0 radical (unpaired) electrons. The van der Waals surface area contributed by atoms with Crippen LogP contribution in [0.1, 0.15) is 11.6 Å². The fraction of sp³-hybridized carbons (Fsp3) is 0.143. The molecule has 0 fully saturated rings. The van der Waals surface area contributed by atoms with Crippen molar-refractivity contribution < 1.29 is 4.39 Å². The molecule has 1 unspecified atom stereocenters. The first-order valence-electron chi connectivity index (χ1n) is 5.88. The van der Waals surface area contributed by atoms with Gasteiger partial charge in [-0.3, -0.25) is 0 Å². The maximum Gasteiger partial charge on any atom is 0.141 e. The van der Waals surface area contributed by atoms with Gasteiger partial charge in [0.05, 0.1) is 16.1 Å². The molecule has 2 aromatic carbocycles. The summed E-state index contributed by atoms with van der Waals surface area (Å²) in [7, 11) is 0. The Morgan fingerprint density at radius 2 is 1.90 bits per heavy atom. The van der Waals surface area contributed by atoms with E-state index < -0.39 is 5.82 Å². The largest absolute Gasteiger partial charge is 0.377 e. The lowest BCUT2D eigenvalue weighted by Crippen LogP contribution is -2.20. The Balaban J connectivity index is 2.23. The van der Waals surface area contributed by atoms with Crippen LogP contribution in [0.5, 0.6) is 0 Å². The maximum absolute atomic E-state index is 13.2. The Morgan fingerprint density at radius 3 is 2.50 bits per heavy atom. The highest BCUT2D eigenvalue weighted by atomic mass is 79.9. The lowest BCUT2D eigenvalue weighted by atomic mass is 10.1. The molecule has 0 aromatic heterocycles. The van der Waals surface area contributed by atoms with Gasteiger partial charge in [0.1, 0.15) is 5.82 Å². The number of nitrogens with one attached hydrogen (secondary N) is 1. The molecule has 3 N–H and O–H groups in total. The van der Waals surface area contributed by atoms with Crippen molar-refractivity contribution in [2.24, 2.45) is 5.73 Å². The summed E-state index contributed by atoms with van der Waals surface area (Å²) < 4.78 is 14.0. The summed E-state index contributed by atoms with van der Waals surface area (Å²) >= 11 is 15.1. The van der Waals surface area contributed by atoms with Gasteiger partial charge < -0.3 is 11.1 Å². The van der Waals surface area contributed by atoms with Crippen molar-refractivity contribution in [1.82, 2.24) is 0 Å². The fourth-order valence-corrected chi connectivity index (χ4v) is 2.48. The second-order valence-electron chi connectivity index (χ2n) is 4.24. The predicted molar refractivity (Wildman–Crippen MR) is 86.0 cm³/mol. The van der Waals surface area contributed by atoms with Crippen LogP contribution in [0.25, 0.3) is 0 Å². The Kier molecular flexibility index (Phi) is 5.27. The van der Waals surface area contributed by atoms with Crippen molar-refractivity contribution in [2.75, 3.05) is 11.9 Å². The summed E-state index contributed by atoms with van der Waals surface area (Å²) in [6, 6.07) is 9.89. The summed E-state index contributed by atoms with van der Waals surface area (Å²) in [4.78, 5) is 0. The van der Waals surface area contributed by atoms with Gasteiger partial charge in [-0.2, -0.15) is 0 Å². The smallest absolute Gasteiger partial charge is 0.141 e. The first-order valence-corrected chi connectivity index (χ1v) is 7.42. The van der Waals surface area contributed by atoms with Gasteiger partial charge in [-0.05, 0) is 51.8 Å². The molecule has 20 heavy (non-hydrogen) atoms. The lowest BCUT2D eigenvalue weighted by molar-refractivity contribution is 0.626. The second-order valence-corrected chi connectivity index (χ2v) is 5.90. The number of anilines is 1. The number of benzene rings is 2. The van der Waals surface area contributed by atoms with E-state index in [0.717, 1.165) is 15.7 Å². The van der Waals surface area contributed by atoms with Crippen molar-refractivity contribution >= 4 is 44.8 Å². The molecule has 2 nitrogen and oxygen atoms in total. The molecule has 0 aliphatic heterocycles. The number of rotatable bonds is 4. The van der Waals surface area contributed by atoms with Gasteiger partial charge in [-0.25, -0.2) is 4.39 Å². The third-order valence-corrected chi connectivity index (χ3v) is 4.35. The minimum Gasteiger partial charge on any atom is -0.377 e. The molecule has 0 aliphatic rings. The summed E-state index contributed by atoms with van der Waals surface area (Å²) in [6.45, 7) is 0.349. The van der Waals surface area contributed by atoms with E-state index in [1.807, 2.05) is 12.1 Å². The highest BCUT2D eigenvalue weighted by molar-refractivity contribution is 9.10. The Labute approximate surface area is 135 Å². The monoisotopic (exact) mass is 376 g/mol. The van der Waals surface area contributed by atoms with E-state index in [-0.39, 0.29) is 11.1 Å². The van der Waals surface area contributed by atoms with Gasteiger partial charge in [0.25, 0.3) is 0 Å². The molecule has 6 heteroatoms. The van der Waals surface area contributed by atoms with E-state index >= 15 is 0 Å². The van der Waals surface area contributed by atoms with Crippen LogP contribution in [-0.2, 0) is 0 Å². The van der Waals surface area contributed by atoms with Gasteiger partial charge in [-0.15, -0.1) is 0 Å². The lowest BCUT2D eigenvalue weighted by Gasteiger charge is -2.19. The van der Waals surface area contributed by atoms with Crippen LogP contribution in [0.3, 0.4) is 0 Å². The summed E-state index contributed by atoms with van der Waals surface area (Å²) in [5.74, 6) is -0.444. The van der Waals surface area contributed by atoms with Gasteiger partial charge >= 0.3 is 0 Å². The Morgan fingerprint density at radius 1 is 1.15 bits per heavy atom. The molecular formula is C14H12BrCl2FN2. The van der Waals surface area contributed by atoms with E-state index in [1.165, 1.54) is 6.07 Å². The van der Waals surface area contributed by atoms with Crippen molar-refractivity contribution in [3.05, 3.63) is 62.3 Å². The van der Waals surface area contributed by atoms with E-state index in [4.69, 9.17) is 28.9 Å². The molecule has 0 bridgehead atoms. The molecule has 0 spiro atoms. The van der Waals surface area contributed by atoms with Crippen LogP contribution >= 0.6 is 39.1 Å². The van der Waals surface area contributed by atoms with E-state index in [2.05, 4.69) is 21.2 Å². The average Bonchev–Trinajstić information content (AvgIpc) is 2.43. The van der Waals surface area contributed by atoms with Gasteiger partial charge in [0.15, 0.2) is 0 Å². The normalized spacial score (nSPS) is 12.2. The zero-order valence-corrected chi connectivity index (χ0v) is 13.4. The Bertz CT molecular complexity index is 622. The van der Waals surface area contributed by atoms with E-state index in [0.29, 0.717) is 11.6 Å². The first kappa shape index (κ1) is 15.6. The third-order valence-electron chi connectivity index (χ3n) is 2.84. The van der Waals surface area contributed by atoms with Crippen LogP contribution in [0.2, 0.25) is 10.0 Å². The molecule has 0 amide bonds. The van der Waals surface area contributed by atoms with Crippen molar-refractivity contribution in [2.45, 2.75) is 6.04 Å². The first-order chi connectivity index (χ1) is 9.51. The van der Waals surface area contributed by atoms with Crippen LogP contribution in [0, 0.1) is 5.82 Å². The van der Waals surface area contributed by atoms with E-state index in [9.17, 15) is 4.39 Å². The van der Waals surface area contributed by atoms with Gasteiger partial charge in [-0.1, -0.05) is 29.3 Å². The van der Waals surface area contributed by atoms with E-state index in [1.54, 1.807) is 18.2 Å². The standard InChI is InChI=1S/C14H12BrCl2FN2/c15-10-6-9(2-3-11(10)16)20-14(7-19)8-1-4-13(18)12(17)5-8/h1-6,14,20H,7,19H2. The molecule has 106 valence electrons. The molecule has 1 atom stereocenters. The van der Waals surface area contributed by atoms with Crippen LogP contribution in [-0.4, -0.2) is 6.54 Å². The summed E-state index contributed by atoms with van der Waals surface area (Å²) in [5.41, 5.74) is 7.45. The van der Waals surface area contributed by atoms with Crippen molar-refractivity contribution in [1.29, 1.82) is 0 Å². The highest BCUT2D eigenvalue weighted by Crippen LogP contribution is 2.28. The molecule has 0 heterocycles. The number of hydrogen-bond acceptors (Lipinski definition) is 2. The number of halogens is 4. The quantitative estimate of drug-likeness (QED) is 0.786. The SMILES string of the molecule is NCC(Nc1ccc(Cl)c(Br)c1)c1ccc(F)c(Cl)c1. The van der Waals surface area contributed by atoms with Gasteiger partial charge in [0.2, 0.25) is 0 Å². The summed E-state index contributed by atoms with van der Waals surface area (Å²) in [6.07, 6.45) is 0. The van der Waals surface area contributed by atoms with Crippen LogP contribution < -0.4 is 11.1 Å². The average molecular weight is 378 g/mol. The summed E-state index contributed by atoms with van der Waals surface area (Å²) in [5, 5.41) is 3.98. The molecule has 2 rings (SSSR count). The van der Waals surface area contributed by atoms with Crippen molar-refractivity contribution in [3.63, 3.8) is 0 Å². The second kappa shape index (κ2) is 6.76. The van der Waals surface area contributed by atoms with Gasteiger partial charge in [0, 0.05) is 16.7 Å². The fourth-order valence-electron chi connectivity index (χ4n) is 1.79. The number of nitrogens with two attached hydrogens (primary N) is 1. The van der Waals surface area contributed by atoms with Crippen molar-refractivity contribution in [3.8, 4) is 0 Å².